The quantitative estimate of drug-likeness (QED) is 0.396. The van der Waals surface area contributed by atoms with Crippen LogP contribution in [-0.2, 0) is 11.8 Å². The fraction of sp³-hybridized carbons (Fsp3) is 0.357. The maximum absolute atomic E-state index is 13.5. The molecule has 11 heteroatoms. The van der Waals surface area contributed by atoms with Gasteiger partial charge in [0.05, 0.1) is 28.8 Å². The molecule has 3 heterocycles. The number of fused-ring (bicyclic) bond motifs is 1. The standard InChI is InChI=1S/C28H33ClN8O2/c1-18-7-6-8-23(29)24(18)37-25(30-2)22-15-31-27(33-26(22)35(5)28(37)38)32-19-9-11-20(12-10-19)36-13-14-39-21(17-36)16-34(3)4/h6-12,15,21H,13-14,16-17H2,1-5H3,(H,31,32,33)/b30-25-. The SMILES string of the molecule is C/N=c1/c2cnc(Nc3ccc(N4CCOC(CN(C)C)C4)cc3)nc2n(C)c(=O)n1-c1c(C)cccc1Cl. The molecule has 0 saturated carbocycles. The van der Waals surface area contributed by atoms with Gasteiger partial charge in [0.25, 0.3) is 0 Å². The summed E-state index contributed by atoms with van der Waals surface area (Å²) < 4.78 is 8.91. The highest BCUT2D eigenvalue weighted by Gasteiger charge is 2.21. The van der Waals surface area contributed by atoms with Gasteiger partial charge in [0.1, 0.15) is 5.49 Å². The van der Waals surface area contributed by atoms with Crippen molar-refractivity contribution in [3.05, 3.63) is 75.2 Å². The van der Waals surface area contributed by atoms with Crippen molar-refractivity contribution in [2.45, 2.75) is 13.0 Å². The molecule has 2 aromatic carbocycles. The summed E-state index contributed by atoms with van der Waals surface area (Å²) in [6, 6.07) is 13.7. The van der Waals surface area contributed by atoms with Crippen molar-refractivity contribution in [1.29, 1.82) is 0 Å². The number of aromatic nitrogens is 4. The molecule has 1 saturated heterocycles. The molecule has 39 heavy (non-hydrogen) atoms. The predicted molar refractivity (Wildman–Crippen MR) is 156 cm³/mol. The second-order valence-electron chi connectivity index (χ2n) is 9.93. The van der Waals surface area contributed by atoms with Gasteiger partial charge in [-0.05, 0) is 56.9 Å². The lowest BCUT2D eigenvalue weighted by Crippen LogP contribution is -2.46. The fourth-order valence-electron chi connectivity index (χ4n) is 4.98. The van der Waals surface area contributed by atoms with Gasteiger partial charge in [-0.3, -0.25) is 9.56 Å². The first-order valence-electron chi connectivity index (χ1n) is 12.8. The van der Waals surface area contributed by atoms with Crippen molar-refractivity contribution < 1.29 is 4.74 Å². The maximum Gasteiger partial charge on any atom is 0.335 e. The Bertz CT molecular complexity index is 1610. The van der Waals surface area contributed by atoms with Gasteiger partial charge in [-0.1, -0.05) is 23.7 Å². The highest BCUT2D eigenvalue weighted by atomic mass is 35.5. The van der Waals surface area contributed by atoms with Crippen molar-refractivity contribution in [2.24, 2.45) is 12.0 Å². The average molecular weight is 549 g/mol. The van der Waals surface area contributed by atoms with Crippen molar-refractivity contribution in [3.8, 4) is 5.69 Å². The zero-order valence-corrected chi connectivity index (χ0v) is 23.6. The van der Waals surface area contributed by atoms with Crippen LogP contribution in [0.4, 0.5) is 17.3 Å². The Morgan fingerprint density at radius 1 is 1.21 bits per heavy atom. The third-order valence-electron chi connectivity index (χ3n) is 6.84. The summed E-state index contributed by atoms with van der Waals surface area (Å²) >= 11 is 6.51. The largest absolute Gasteiger partial charge is 0.373 e. The third kappa shape index (κ3) is 5.40. The lowest BCUT2D eigenvalue weighted by Gasteiger charge is -2.35. The number of nitrogens with zero attached hydrogens (tertiary/aromatic N) is 7. The predicted octanol–water partition coefficient (Wildman–Crippen LogP) is 3.12. The van der Waals surface area contributed by atoms with Crippen molar-refractivity contribution in [1.82, 2.24) is 24.0 Å². The number of aryl methyl sites for hydroxylation is 2. The number of hydrogen-bond acceptors (Lipinski definition) is 8. The smallest absolute Gasteiger partial charge is 0.335 e. The summed E-state index contributed by atoms with van der Waals surface area (Å²) in [4.78, 5) is 31.6. The van der Waals surface area contributed by atoms with Crippen LogP contribution < -0.4 is 21.4 Å². The number of rotatable bonds is 6. The van der Waals surface area contributed by atoms with Crippen LogP contribution in [0.2, 0.25) is 5.02 Å². The molecule has 0 amide bonds. The molecule has 1 fully saturated rings. The van der Waals surface area contributed by atoms with Gasteiger partial charge in [-0.15, -0.1) is 0 Å². The van der Waals surface area contributed by atoms with Crippen molar-refractivity contribution in [2.75, 3.05) is 57.6 Å². The molecule has 0 aliphatic carbocycles. The van der Waals surface area contributed by atoms with Crippen LogP contribution in [-0.4, -0.2) is 77.5 Å². The number of halogens is 1. The molecular formula is C28H33ClN8O2. The van der Waals surface area contributed by atoms with Crippen LogP contribution >= 0.6 is 11.6 Å². The number of benzene rings is 2. The normalized spacial score (nSPS) is 16.3. The first kappa shape index (κ1) is 26.9. The van der Waals surface area contributed by atoms with Gasteiger partial charge < -0.3 is 19.9 Å². The van der Waals surface area contributed by atoms with E-state index < -0.39 is 0 Å². The van der Waals surface area contributed by atoms with Gasteiger partial charge >= 0.3 is 5.69 Å². The monoisotopic (exact) mass is 548 g/mol. The minimum atomic E-state index is -0.300. The molecule has 1 aliphatic rings. The minimum absolute atomic E-state index is 0.185. The lowest BCUT2D eigenvalue weighted by molar-refractivity contribution is 0.0248. The van der Waals surface area contributed by atoms with Crippen LogP contribution in [0.1, 0.15) is 5.56 Å². The number of hydrogen-bond donors (Lipinski definition) is 1. The van der Waals surface area contributed by atoms with Gasteiger partial charge in [-0.25, -0.2) is 14.3 Å². The molecule has 1 aliphatic heterocycles. The number of ether oxygens (including phenoxy) is 1. The second-order valence-corrected chi connectivity index (χ2v) is 10.3. The molecule has 5 rings (SSSR count). The molecule has 0 bridgehead atoms. The van der Waals surface area contributed by atoms with Gasteiger partial charge in [-0.2, -0.15) is 4.98 Å². The third-order valence-corrected chi connectivity index (χ3v) is 7.14. The van der Waals surface area contributed by atoms with E-state index in [9.17, 15) is 4.79 Å². The molecule has 4 aromatic rings. The molecule has 0 radical (unpaired) electrons. The lowest BCUT2D eigenvalue weighted by atomic mass is 10.2. The fourth-order valence-corrected chi connectivity index (χ4v) is 5.29. The zero-order chi connectivity index (χ0) is 27.7. The van der Waals surface area contributed by atoms with E-state index in [0.29, 0.717) is 39.8 Å². The number of nitrogens with one attached hydrogen (secondary N) is 1. The minimum Gasteiger partial charge on any atom is -0.373 e. The van der Waals surface area contributed by atoms with Crippen LogP contribution in [0.15, 0.2) is 58.4 Å². The summed E-state index contributed by atoms with van der Waals surface area (Å²) in [6.45, 7) is 5.23. The van der Waals surface area contributed by atoms with Gasteiger partial charge in [0.15, 0.2) is 5.65 Å². The van der Waals surface area contributed by atoms with Gasteiger partial charge in [0.2, 0.25) is 5.95 Å². The number of morpholine rings is 1. The highest BCUT2D eigenvalue weighted by Crippen LogP contribution is 2.24. The molecule has 204 valence electrons. The summed E-state index contributed by atoms with van der Waals surface area (Å²) in [5.41, 5.74) is 4.06. The van der Waals surface area contributed by atoms with E-state index in [-0.39, 0.29) is 11.8 Å². The molecule has 0 spiro atoms. The molecule has 1 N–H and O–H groups in total. The zero-order valence-electron chi connectivity index (χ0n) is 22.8. The van der Waals surface area contributed by atoms with E-state index in [1.807, 2.05) is 31.2 Å². The van der Waals surface area contributed by atoms with E-state index in [1.54, 1.807) is 26.4 Å². The Hall–Kier alpha value is -3.73. The van der Waals surface area contributed by atoms with Gasteiger partial charge in [0, 0.05) is 51.3 Å². The van der Waals surface area contributed by atoms with Crippen LogP contribution in [0.25, 0.3) is 16.7 Å². The molecule has 1 atom stereocenters. The number of likely N-dealkylation sites (N-methyl/N-ethyl adjacent to an activating group) is 1. The van der Waals surface area contributed by atoms with Crippen LogP contribution in [0.5, 0.6) is 0 Å². The topological polar surface area (TPSA) is 92.8 Å². The highest BCUT2D eigenvalue weighted by molar-refractivity contribution is 6.32. The summed E-state index contributed by atoms with van der Waals surface area (Å²) in [7, 11) is 7.45. The van der Waals surface area contributed by atoms with Crippen molar-refractivity contribution in [3.63, 3.8) is 0 Å². The Labute approximate surface area is 232 Å². The Kier molecular flexibility index (Phi) is 7.69. The van der Waals surface area contributed by atoms with Crippen molar-refractivity contribution >= 4 is 40.0 Å². The maximum atomic E-state index is 13.5. The molecule has 10 nitrogen and oxygen atoms in total. The Morgan fingerprint density at radius 2 is 1.97 bits per heavy atom. The van der Waals surface area contributed by atoms with E-state index >= 15 is 0 Å². The van der Waals surface area contributed by atoms with E-state index in [2.05, 4.69) is 56.3 Å². The number of para-hydroxylation sites is 1. The van der Waals surface area contributed by atoms with Crippen LogP contribution in [0.3, 0.4) is 0 Å². The summed E-state index contributed by atoms with van der Waals surface area (Å²) in [5.74, 6) is 0.386. The molecule has 2 aromatic heterocycles. The number of anilines is 3. The molecular weight excluding hydrogens is 516 g/mol. The Morgan fingerprint density at radius 3 is 2.67 bits per heavy atom. The summed E-state index contributed by atoms with van der Waals surface area (Å²) in [6.07, 6.45) is 1.87. The van der Waals surface area contributed by atoms with E-state index in [1.165, 1.54) is 9.13 Å². The first-order chi connectivity index (χ1) is 18.8. The Balaban J connectivity index is 1.44. The van der Waals surface area contributed by atoms with E-state index in [4.69, 9.17) is 16.3 Å². The average Bonchev–Trinajstić information content (AvgIpc) is 2.92. The first-order valence-corrected chi connectivity index (χ1v) is 13.2. The molecule has 1 unspecified atom stereocenters. The summed E-state index contributed by atoms with van der Waals surface area (Å²) in [5, 5.41) is 4.37. The van der Waals surface area contributed by atoms with Crippen LogP contribution in [0, 0.1) is 6.92 Å². The second kappa shape index (κ2) is 11.2. The van der Waals surface area contributed by atoms with E-state index in [0.717, 1.165) is 36.6 Å².